The second-order valence-electron chi connectivity index (χ2n) is 5.51. The van der Waals surface area contributed by atoms with Crippen LogP contribution in [0.3, 0.4) is 0 Å². The molecule has 0 bridgehead atoms. The topological polar surface area (TPSA) is 41.1 Å². The molecule has 1 amide bonds. The maximum Gasteiger partial charge on any atom is 0.241 e. The summed E-state index contributed by atoms with van der Waals surface area (Å²) in [6.07, 6.45) is 10.6. The number of carbonyl (C=O) groups excluding carboxylic acids is 1. The molecule has 3 nitrogen and oxygen atoms in total. The molecular formula is C12H20N2O. The number of nitrogens with one attached hydrogen (secondary N) is 2. The van der Waals surface area contributed by atoms with Gasteiger partial charge in [0.05, 0.1) is 11.2 Å². The molecule has 1 aliphatic heterocycles. The van der Waals surface area contributed by atoms with Crippen molar-refractivity contribution in [2.45, 2.75) is 69.0 Å². The number of rotatable bonds is 0. The minimum atomic E-state index is -0.183. The second kappa shape index (κ2) is 3.21. The van der Waals surface area contributed by atoms with E-state index in [1.54, 1.807) is 0 Å². The number of amides is 1. The molecule has 0 aromatic rings. The zero-order chi connectivity index (χ0) is 10.4. The molecule has 1 heterocycles. The standard InChI is InChI=1S/C12H20N2O/c15-10-11(6-4-5-7-11)14-12(13-10)8-2-1-3-9-12/h14H,1-9H2,(H,13,15). The second-order valence-corrected chi connectivity index (χ2v) is 5.51. The summed E-state index contributed by atoms with van der Waals surface area (Å²) in [7, 11) is 0. The molecule has 15 heavy (non-hydrogen) atoms. The Morgan fingerprint density at radius 2 is 1.47 bits per heavy atom. The molecule has 0 aromatic heterocycles. The quantitative estimate of drug-likeness (QED) is 0.636. The van der Waals surface area contributed by atoms with E-state index in [2.05, 4.69) is 10.6 Å². The summed E-state index contributed by atoms with van der Waals surface area (Å²) >= 11 is 0. The van der Waals surface area contributed by atoms with Crippen LogP contribution in [0, 0.1) is 0 Å². The van der Waals surface area contributed by atoms with E-state index < -0.39 is 0 Å². The van der Waals surface area contributed by atoms with Gasteiger partial charge in [-0.15, -0.1) is 0 Å². The third-order valence-electron chi connectivity index (χ3n) is 4.43. The zero-order valence-corrected chi connectivity index (χ0v) is 9.27. The van der Waals surface area contributed by atoms with E-state index in [1.807, 2.05) is 0 Å². The third-order valence-corrected chi connectivity index (χ3v) is 4.43. The summed E-state index contributed by atoms with van der Waals surface area (Å²) < 4.78 is 0. The van der Waals surface area contributed by atoms with E-state index in [0.29, 0.717) is 0 Å². The molecule has 2 saturated carbocycles. The molecule has 2 spiro atoms. The fraction of sp³-hybridized carbons (Fsp3) is 0.917. The van der Waals surface area contributed by atoms with Crippen LogP contribution >= 0.6 is 0 Å². The van der Waals surface area contributed by atoms with E-state index >= 15 is 0 Å². The smallest absolute Gasteiger partial charge is 0.241 e. The monoisotopic (exact) mass is 208 g/mol. The molecule has 3 fully saturated rings. The van der Waals surface area contributed by atoms with Gasteiger partial charge in [0, 0.05) is 0 Å². The van der Waals surface area contributed by atoms with Gasteiger partial charge < -0.3 is 5.32 Å². The first kappa shape index (κ1) is 9.64. The Kier molecular flexibility index (Phi) is 2.06. The summed E-state index contributed by atoms with van der Waals surface area (Å²) in [5.74, 6) is 0.280. The average molecular weight is 208 g/mol. The first-order valence-corrected chi connectivity index (χ1v) is 6.37. The van der Waals surface area contributed by atoms with Gasteiger partial charge in [0.25, 0.3) is 0 Å². The number of hydrogen-bond donors (Lipinski definition) is 2. The van der Waals surface area contributed by atoms with Crippen LogP contribution in [0.5, 0.6) is 0 Å². The Morgan fingerprint density at radius 1 is 0.867 bits per heavy atom. The van der Waals surface area contributed by atoms with Gasteiger partial charge in [-0.25, -0.2) is 0 Å². The van der Waals surface area contributed by atoms with Gasteiger partial charge in [-0.2, -0.15) is 0 Å². The first-order chi connectivity index (χ1) is 7.25. The minimum Gasteiger partial charge on any atom is -0.336 e. The molecular weight excluding hydrogens is 188 g/mol. The lowest BCUT2D eigenvalue weighted by Gasteiger charge is -2.35. The molecule has 0 aromatic carbocycles. The normalized spacial score (nSPS) is 32.4. The molecule has 3 rings (SSSR count). The van der Waals surface area contributed by atoms with Crippen molar-refractivity contribution in [3.63, 3.8) is 0 Å². The summed E-state index contributed by atoms with van der Waals surface area (Å²) in [5.41, 5.74) is -0.211. The SMILES string of the molecule is O=C1NC2(CCCCC2)NC12CCCC2. The summed E-state index contributed by atoms with van der Waals surface area (Å²) in [6.45, 7) is 0. The Hall–Kier alpha value is -0.570. The highest BCUT2D eigenvalue weighted by Gasteiger charge is 2.54. The molecule has 2 N–H and O–H groups in total. The molecule has 0 unspecified atom stereocenters. The van der Waals surface area contributed by atoms with Crippen LogP contribution in [0.1, 0.15) is 57.8 Å². The van der Waals surface area contributed by atoms with Crippen molar-refractivity contribution < 1.29 is 4.79 Å². The van der Waals surface area contributed by atoms with Gasteiger partial charge in [0.1, 0.15) is 0 Å². The van der Waals surface area contributed by atoms with Crippen LogP contribution < -0.4 is 10.6 Å². The van der Waals surface area contributed by atoms with Crippen LogP contribution in [-0.2, 0) is 4.79 Å². The molecule has 2 aliphatic carbocycles. The summed E-state index contributed by atoms with van der Waals surface area (Å²) in [4.78, 5) is 12.1. The highest BCUT2D eigenvalue weighted by atomic mass is 16.2. The van der Waals surface area contributed by atoms with E-state index in [1.165, 1.54) is 32.1 Å². The van der Waals surface area contributed by atoms with Crippen molar-refractivity contribution in [2.24, 2.45) is 0 Å². The van der Waals surface area contributed by atoms with E-state index in [-0.39, 0.29) is 17.1 Å². The van der Waals surface area contributed by atoms with Crippen molar-refractivity contribution in [2.75, 3.05) is 0 Å². The highest BCUT2D eigenvalue weighted by Crippen LogP contribution is 2.39. The first-order valence-electron chi connectivity index (χ1n) is 6.37. The molecule has 3 aliphatic rings. The summed E-state index contributed by atoms with van der Waals surface area (Å²) in [6, 6.07) is 0. The largest absolute Gasteiger partial charge is 0.336 e. The van der Waals surface area contributed by atoms with Crippen molar-refractivity contribution in [1.29, 1.82) is 0 Å². The van der Waals surface area contributed by atoms with Crippen LogP contribution in [0.25, 0.3) is 0 Å². The lowest BCUT2D eigenvalue weighted by Crippen LogP contribution is -2.54. The van der Waals surface area contributed by atoms with Crippen molar-refractivity contribution in [3.8, 4) is 0 Å². The van der Waals surface area contributed by atoms with E-state index in [0.717, 1.165) is 25.7 Å². The van der Waals surface area contributed by atoms with Gasteiger partial charge in [0.15, 0.2) is 0 Å². The lowest BCUT2D eigenvalue weighted by molar-refractivity contribution is -0.124. The summed E-state index contributed by atoms with van der Waals surface area (Å²) in [5, 5.41) is 6.92. The van der Waals surface area contributed by atoms with Gasteiger partial charge >= 0.3 is 0 Å². The van der Waals surface area contributed by atoms with Crippen molar-refractivity contribution >= 4 is 5.91 Å². The van der Waals surface area contributed by atoms with Crippen LogP contribution in [0.2, 0.25) is 0 Å². The van der Waals surface area contributed by atoms with Crippen LogP contribution in [0.15, 0.2) is 0 Å². The predicted molar refractivity (Wildman–Crippen MR) is 58.3 cm³/mol. The predicted octanol–water partition coefficient (Wildman–Crippen LogP) is 1.68. The van der Waals surface area contributed by atoms with Gasteiger partial charge in [-0.3, -0.25) is 10.1 Å². The van der Waals surface area contributed by atoms with Crippen molar-refractivity contribution in [3.05, 3.63) is 0 Å². The van der Waals surface area contributed by atoms with Gasteiger partial charge in [-0.1, -0.05) is 19.3 Å². The van der Waals surface area contributed by atoms with E-state index in [4.69, 9.17) is 0 Å². The Labute approximate surface area is 91.0 Å². The van der Waals surface area contributed by atoms with E-state index in [9.17, 15) is 4.79 Å². The molecule has 0 atom stereocenters. The lowest BCUT2D eigenvalue weighted by atomic mass is 9.89. The fourth-order valence-corrected chi connectivity index (χ4v) is 3.62. The fourth-order valence-electron chi connectivity index (χ4n) is 3.62. The zero-order valence-electron chi connectivity index (χ0n) is 9.27. The Morgan fingerprint density at radius 3 is 2.13 bits per heavy atom. The number of hydrogen-bond acceptors (Lipinski definition) is 2. The van der Waals surface area contributed by atoms with Gasteiger partial charge in [0.2, 0.25) is 5.91 Å². The minimum absolute atomic E-state index is 0.0281. The van der Waals surface area contributed by atoms with Gasteiger partial charge in [-0.05, 0) is 38.5 Å². The highest BCUT2D eigenvalue weighted by molar-refractivity contribution is 5.89. The Bertz CT molecular complexity index is 275. The molecule has 3 heteroatoms. The molecule has 84 valence electrons. The van der Waals surface area contributed by atoms with Crippen LogP contribution in [-0.4, -0.2) is 17.1 Å². The van der Waals surface area contributed by atoms with Crippen LogP contribution in [0.4, 0.5) is 0 Å². The third kappa shape index (κ3) is 1.40. The Balaban J connectivity index is 1.82. The maximum atomic E-state index is 12.1. The van der Waals surface area contributed by atoms with Crippen molar-refractivity contribution in [1.82, 2.24) is 10.6 Å². The molecule has 0 radical (unpaired) electrons. The molecule has 1 saturated heterocycles. The maximum absolute atomic E-state index is 12.1. The number of carbonyl (C=O) groups is 1. The average Bonchev–Trinajstić information content (AvgIpc) is 2.77.